The van der Waals surface area contributed by atoms with Gasteiger partial charge in [0.25, 0.3) is 0 Å². The van der Waals surface area contributed by atoms with Crippen molar-refractivity contribution in [1.29, 1.82) is 0 Å². The lowest BCUT2D eigenvalue weighted by Crippen LogP contribution is -2.20. The Kier molecular flexibility index (Phi) is 8.53. The molecule has 0 aromatic heterocycles. The molecule has 13 heavy (non-hydrogen) atoms. The minimum absolute atomic E-state index is 0.459. The van der Waals surface area contributed by atoms with Crippen molar-refractivity contribution in [1.82, 2.24) is 0 Å². The number of hydrogen-bond acceptors (Lipinski definition) is 1. The Labute approximate surface area is 84.1 Å². The van der Waals surface area contributed by atoms with Crippen LogP contribution in [0.3, 0.4) is 0 Å². The van der Waals surface area contributed by atoms with Crippen molar-refractivity contribution in [3.8, 4) is 0 Å². The van der Waals surface area contributed by atoms with Gasteiger partial charge in [0.15, 0.2) is 0 Å². The van der Waals surface area contributed by atoms with Crippen LogP contribution in [0.2, 0.25) is 0 Å². The SMILES string of the molecule is CCCCCC(N)CCC(C)CC. The average Bonchev–Trinajstić information content (AvgIpc) is 2.14. The number of hydrogen-bond donors (Lipinski definition) is 1. The molecule has 1 heteroatoms. The van der Waals surface area contributed by atoms with Crippen molar-refractivity contribution in [2.24, 2.45) is 11.7 Å². The fraction of sp³-hybridized carbons (Fsp3) is 1.00. The summed E-state index contributed by atoms with van der Waals surface area (Å²) in [5.74, 6) is 0.859. The molecule has 0 rings (SSSR count). The second kappa shape index (κ2) is 8.55. The summed E-state index contributed by atoms with van der Waals surface area (Å²) in [7, 11) is 0. The number of nitrogens with two attached hydrogens (primary N) is 1. The van der Waals surface area contributed by atoms with Gasteiger partial charge in [-0.3, -0.25) is 0 Å². The number of unbranched alkanes of at least 4 members (excludes halogenated alkanes) is 2. The van der Waals surface area contributed by atoms with Gasteiger partial charge in [0.05, 0.1) is 0 Å². The van der Waals surface area contributed by atoms with E-state index in [4.69, 9.17) is 5.73 Å². The van der Waals surface area contributed by atoms with Crippen LogP contribution < -0.4 is 5.73 Å². The summed E-state index contributed by atoms with van der Waals surface area (Å²) in [5.41, 5.74) is 6.02. The van der Waals surface area contributed by atoms with Crippen molar-refractivity contribution >= 4 is 0 Å². The van der Waals surface area contributed by atoms with Crippen LogP contribution in [-0.4, -0.2) is 6.04 Å². The van der Waals surface area contributed by atoms with E-state index in [9.17, 15) is 0 Å². The quantitative estimate of drug-likeness (QED) is 0.573. The standard InChI is InChI=1S/C12H27N/c1-4-6-7-8-12(13)10-9-11(3)5-2/h11-12H,4-10,13H2,1-3H3. The molecule has 0 aliphatic carbocycles. The molecule has 2 unspecified atom stereocenters. The summed E-state index contributed by atoms with van der Waals surface area (Å²) in [6.45, 7) is 6.82. The molecule has 2 atom stereocenters. The zero-order valence-electron chi connectivity index (χ0n) is 9.68. The first-order valence-corrected chi connectivity index (χ1v) is 5.96. The predicted octanol–water partition coefficient (Wildman–Crippen LogP) is 3.72. The zero-order valence-corrected chi connectivity index (χ0v) is 9.68. The smallest absolute Gasteiger partial charge is 0.00389 e. The Morgan fingerprint density at radius 2 is 1.69 bits per heavy atom. The minimum Gasteiger partial charge on any atom is -0.328 e. The summed E-state index contributed by atoms with van der Waals surface area (Å²) in [5, 5.41) is 0. The molecule has 0 aromatic rings. The molecule has 80 valence electrons. The first kappa shape index (κ1) is 13.0. The van der Waals surface area contributed by atoms with Gasteiger partial charge in [-0.15, -0.1) is 0 Å². The monoisotopic (exact) mass is 185 g/mol. The van der Waals surface area contributed by atoms with Crippen LogP contribution in [0.5, 0.6) is 0 Å². The Morgan fingerprint density at radius 3 is 2.23 bits per heavy atom. The van der Waals surface area contributed by atoms with E-state index >= 15 is 0 Å². The maximum absolute atomic E-state index is 6.02. The van der Waals surface area contributed by atoms with Gasteiger partial charge in [0.2, 0.25) is 0 Å². The van der Waals surface area contributed by atoms with Crippen molar-refractivity contribution in [3.63, 3.8) is 0 Å². The summed E-state index contributed by atoms with van der Waals surface area (Å²) >= 11 is 0. The Morgan fingerprint density at radius 1 is 1.00 bits per heavy atom. The molecule has 0 aromatic carbocycles. The first-order chi connectivity index (χ1) is 6.20. The Hall–Kier alpha value is -0.0400. The van der Waals surface area contributed by atoms with Crippen LogP contribution in [-0.2, 0) is 0 Å². The number of rotatable bonds is 8. The third kappa shape index (κ3) is 8.29. The van der Waals surface area contributed by atoms with E-state index in [1.807, 2.05) is 0 Å². The van der Waals surface area contributed by atoms with E-state index in [2.05, 4.69) is 20.8 Å². The first-order valence-electron chi connectivity index (χ1n) is 5.96. The van der Waals surface area contributed by atoms with Crippen molar-refractivity contribution in [2.75, 3.05) is 0 Å². The average molecular weight is 185 g/mol. The van der Waals surface area contributed by atoms with Gasteiger partial charge < -0.3 is 5.73 Å². The Bertz CT molecular complexity index is 101. The molecule has 2 N–H and O–H groups in total. The van der Waals surface area contributed by atoms with Crippen molar-refractivity contribution in [2.45, 2.75) is 71.8 Å². The highest BCUT2D eigenvalue weighted by Crippen LogP contribution is 2.13. The largest absolute Gasteiger partial charge is 0.328 e. The summed E-state index contributed by atoms with van der Waals surface area (Å²) in [6, 6.07) is 0.459. The third-order valence-corrected chi connectivity index (χ3v) is 2.91. The lowest BCUT2D eigenvalue weighted by atomic mass is 9.97. The molecule has 0 aliphatic heterocycles. The molecule has 0 spiro atoms. The van der Waals surface area contributed by atoms with Gasteiger partial charge in [0.1, 0.15) is 0 Å². The van der Waals surface area contributed by atoms with E-state index in [1.165, 1.54) is 44.9 Å². The van der Waals surface area contributed by atoms with E-state index in [1.54, 1.807) is 0 Å². The summed E-state index contributed by atoms with van der Waals surface area (Å²) in [4.78, 5) is 0. The molecule has 0 radical (unpaired) electrons. The van der Waals surface area contributed by atoms with Gasteiger partial charge >= 0.3 is 0 Å². The molecule has 0 heterocycles. The van der Waals surface area contributed by atoms with Crippen LogP contribution in [0, 0.1) is 5.92 Å². The highest BCUT2D eigenvalue weighted by Gasteiger charge is 2.04. The molecule has 0 bridgehead atoms. The molecule has 0 fully saturated rings. The predicted molar refractivity (Wildman–Crippen MR) is 60.8 cm³/mol. The minimum atomic E-state index is 0.459. The third-order valence-electron chi connectivity index (χ3n) is 2.91. The molecule has 0 saturated carbocycles. The van der Waals surface area contributed by atoms with Gasteiger partial charge in [-0.2, -0.15) is 0 Å². The second-order valence-electron chi connectivity index (χ2n) is 4.35. The zero-order chi connectivity index (χ0) is 10.1. The van der Waals surface area contributed by atoms with Crippen LogP contribution in [0.4, 0.5) is 0 Å². The molecule has 0 amide bonds. The van der Waals surface area contributed by atoms with E-state index in [0.717, 1.165) is 5.92 Å². The second-order valence-corrected chi connectivity index (χ2v) is 4.35. The van der Waals surface area contributed by atoms with E-state index < -0.39 is 0 Å². The van der Waals surface area contributed by atoms with Gasteiger partial charge in [-0.25, -0.2) is 0 Å². The fourth-order valence-electron chi connectivity index (χ4n) is 1.50. The van der Waals surface area contributed by atoms with Gasteiger partial charge in [0, 0.05) is 6.04 Å². The van der Waals surface area contributed by atoms with E-state index in [0.29, 0.717) is 6.04 Å². The highest BCUT2D eigenvalue weighted by atomic mass is 14.6. The van der Waals surface area contributed by atoms with Crippen LogP contribution in [0.15, 0.2) is 0 Å². The maximum Gasteiger partial charge on any atom is 0.00389 e. The summed E-state index contributed by atoms with van der Waals surface area (Å²) < 4.78 is 0. The normalized spacial score (nSPS) is 15.7. The van der Waals surface area contributed by atoms with Crippen LogP contribution in [0.25, 0.3) is 0 Å². The van der Waals surface area contributed by atoms with Crippen molar-refractivity contribution in [3.05, 3.63) is 0 Å². The van der Waals surface area contributed by atoms with Crippen LogP contribution >= 0.6 is 0 Å². The molecular weight excluding hydrogens is 158 g/mol. The fourth-order valence-corrected chi connectivity index (χ4v) is 1.50. The van der Waals surface area contributed by atoms with Crippen molar-refractivity contribution < 1.29 is 0 Å². The van der Waals surface area contributed by atoms with Gasteiger partial charge in [-0.1, -0.05) is 46.5 Å². The molecular formula is C12H27N. The van der Waals surface area contributed by atoms with Gasteiger partial charge in [-0.05, 0) is 25.2 Å². The topological polar surface area (TPSA) is 26.0 Å². The van der Waals surface area contributed by atoms with Crippen LogP contribution in [0.1, 0.15) is 65.7 Å². The highest BCUT2D eigenvalue weighted by molar-refractivity contribution is 4.63. The lowest BCUT2D eigenvalue weighted by Gasteiger charge is -2.13. The molecule has 0 aliphatic rings. The maximum atomic E-state index is 6.02. The lowest BCUT2D eigenvalue weighted by molar-refractivity contribution is 0.436. The summed E-state index contributed by atoms with van der Waals surface area (Å²) in [6.07, 6.45) is 9.02. The Balaban J connectivity index is 3.24. The molecule has 1 nitrogen and oxygen atoms in total. The molecule has 0 saturated heterocycles. The van der Waals surface area contributed by atoms with E-state index in [-0.39, 0.29) is 0 Å².